The van der Waals surface area contributed by atoms with E-state index in [1.165, 1.54) is 21.3 Å². The van der Waals surface area contributed by atoms with Gasteiger partial charge in [-0.25, -0.2) is 13.4 Å². The zero-order valence-electron chi connectivity index (χ0n) is 16.7. The Morgan fingerprint density at radius 3 is 2.50 bits per heavy atom. The molecule has 0 spiro atoms. The minimum atomic E-state index is -3.50. The maximum Gasteiger partial charge on any atom is 0.243 e. The van der Waals surface area contributed by atoms with Crippen LogP contribution >= 0.6 is 0 Å². The average Bonchev–Trinajstić information content (AvgIpc) is 3.40. The van der Waals surface area contributed by atoms with Crippen LogP contribution in [0, 0.1) is 12.8 Å². The summed E-state index contributed by atoms with van der Waals surface area (Å²) in [5, 5.41) is 2.79. The van der Waals surface area contributed by atoms with Crippen molar-refractivity contribution in [2.75, 3.05) is 29.9 Å². The van der Waals surface area contributed by atoms with E-state index in [0.717, 1.165) is 18.4 Å². The number of carbonyl (C=O) groups excluding carboxylic acids is 2. The highest BCUT2D eigenvalue weighted by Crippen LogP contribution is 2.28. The van der Waals surface area contributed by atoms with E-state index in [4.69, 9.17) is 0 Å². The number of aromatic nitrogens is 1. The number of hydrogen-bond acceptors (Lipinski definition) is 5. The molecule has 0 saturated carbocycles. The predicted molar refractivity (Wildman–Crippen MR) is 112 cm³/mol. The van der Waals surface area contributed by atoms with Crippen LogP contribution in [-0.4, -0.2) is 49.2 Å². The van der Waals surface area contributed by atoms with Gasteiger partial charge < -0.3 is 10.2 Å². The molecule has 4 rings (SSSR count). The highest BCUT2D eigenvalue weighted by molar-refractivity contribution is 7.89. The van der Waals surface area contributed by atoms with E-state index in [1.54, 1.807) is 24.4 Å². The van der Waals surface area contributed by atoms with Crippen molar-refractivity contribution in [1.29, 1.82) is 0 Å². The molecule has 30 heavy (non-hydrogen) atoms. The van der Waals surface area contributed by atoms with Crippen molar-refractivity contribution in [3.8, 4) is 0 Å². The Balaban J connectivity index is 1.45. The molecule has 1 atom stereocenters. The molecule has 1 N–H and O–H groups in total. The molecule has 2 fully saturated rings. The zero-order valence-corrected chi connectivity index (χ0v) is 17.6. The fourth-order valence-electron chi connectivity index (χ4n) is 3.84. The standard InChI is InChI=1S/C21H24N4O4S/c1-15-5-4-10-22-20(15)23-21(27)16-13-19(26)25(14-16)17-6-8-18(9-7-17)30(28,29)24-11-2-3-12-24/h4-10,16H,2-3,11-14H2,1H3,(H,22,23,27)/t16-/m1/s1. The molecule has 0 radical (unpaired) electrons. The predicted octanol–water partition coefficient (Wildman–Crippen LogP) is 2.17. The molecule has 1 aromatic carbocycles. The molecule has 2 aliphatic rings. The van der Waals surface area contributed by atoms with Crippen LogP contribution in [0.3, 0.4) is 0 Å². The molecule has 2 saturated heterocycles. The topological polar surface area (TPSA) is 99.7 Å². The van der Waals surface area contributed by atoms with Gasteiger partial charge in [0.2, 0.25) is 21.8 Å². The third kappa shape index (κ3) is 3.95. The minimum absolute atomic E-state index is 0.103. The van der Waals surface area contributed by atoms with E-state index in [0.29, 0.717) is 24.6 Å². The first-order chi connectivity index (χ1) is 14.4. The summed E-state index contributed by atoms with van der Waals surface area (Å²) < 4.78 is 26.8. The Bertz CT molecular complexity index is 1060. The smallest absolute Gasteiger partial charge is 0.243 e. The summed E-state index contributed by atoms with van der Waals surface area (Å²) in [6.45, 7) is 3.18. The van der Waals surface area contributed by atoms with Gasteiger partial charge in [-0.15, -0.1) is 0 Å². The number of rotatable bonds is 5. The van der Waals surface area contributed by atoms with Gasteiger partial charge in [0.15, 0.2) is 0 Å². The van der Waals surface area contributed by atoms with Gasteiger partial charge in [-0.05, 0) is 55.7 Å². The van der Waals surface area contributed by atoms with Gasteiger partial charge in [0.05, 0.1) is 10.8 Å². The summed E-state index contributed by atoms with van der Waals surface area (Å²) in [7, 11) is -3.50. The largest absolute Gasteiger partial charge is 0.312 e. The summed E-state index contributed by atoms with van der Waals surface area (Å²) in [4.78, 5) is 31.0. The molecule has 2 aliphatic heterocycles. The van der Waals surface area contributed by atoms with E-state index in [9.17, 15) is 18.0 Å². The van der Waals surface area contributed by atoms with Crippen LogP contribution in [0.2, 0.25) is 0 Å². The molecule has 0 bridgehead atoms. The molecular weight excluding hydrogens is 404 g/mol. The lowest BCUT2D eigenvalue weighted by atomic mass is 10.1. The van der Waals surface area contributed by atoms with Crippen LogP contribution in [0.25, 0.3) is 0 Å². The van der Waals surface area contributed by atoms with Gasteiger partial charge in [-0.1, -0.05) is 6.07 Å². The summed E-state index contributed by atoms with van der Waals surface area (Å²) in [6, 6.07) is 9.96. The van der Waals surface area contributed by atoms with Crippen molar-refractivity contribution in [2.24, 2.45) is 5.92 Å². The first kappa shape index (κ1) is 20.5. The number of amides is 2. The lowest BCUT2D eigenvalue weighted by Crippen LogP contribution is -2.29. The van der Waals surface area contributed by atoms with Crippen molar-refractivity contribution in [3.63, 3.8) is 0 Å². The number of nitrogens with one attached hydrogen (secondary N) is 1. The molecule has 0 unspecified atom stereocenters. The monoisotopic (exact) mass is 428 g/mol. The minimum Gasteiger partial charge on any atom is -0.312 e. The number of hydrogen-bond donors (Lipinski definition) is 1. The SMILES string of the molecule is Cc1cccnc1NC(=O)[C@@H]1CC(=O)N(c2ccc(S(=O)(=O)N3CCCC3)cc2)C1. The lowest BCUT2D eigenvalue weighted by Gasteiger charge is -2.19. The number of aryl methyl sites for hydroxylation is 1. The van der Waals surface area contributed by atoms with E-state index < -0.39 is 15.9 Å². The Kier molecular flexibility index (Phi) is 5.57. The van der Waals surface area contributed by atoms with Gasteiger partial charge in [0, 0.05) is 37.9 Å². The summed E-state index contributed by atoms with van der Waals surface area (Å²) in [5.74, 6) is -0.416. The van der Waals surface area contributed by atoms with Crippen molar-refractivity contribution < 1.29 is 18.0 Å². The highest BCUT2D eigenvalue weighted by Gasteiger charge is 2.36. The Morgan fingerprint density at radius 1 is 1.13 bits per heavy atom. The maximum atomic E-state index is 12.7. The van der Waals surface area contributed by atoms with Crippen molar-refractivity contribution in [3.05, 3.63) is 48.2 Å². The van der Waals surface area contributed by atoms with Crippen LogP contribution in [0.15, 0.2) is 47.5 Å². The average molecular weight is 429 g/mol. The van der Waals surface area contributed by atoms with Crippen LogP contribution in [0.4, 0.5) is 11.5 Å². The van der Waals surface area contributed by atoms with Crippen LogP contribution in [0.1, 0.15) is 24.8 Å². The molecule has 3 heterocycles. The third-order valence-corrected chi connectivity index (χ3v) is 7.51. The number of nitrogens with zero attached hydrogens (tertiary/aromatic N) is 3. The normalized spacial score (nSPS) is 20.0. The van der Waals surface area contributed by atoms with Crippen LogP contribution in [-0.2, 0) is 19.6 Å². The second-order valence-electron chi connectivity index (χ2n) is 7.67. The molecular formula is C21H24N4O4S. The number of benzene rings is 1. The van der Waals surface area contributed by atoms with Gasteiger partial charge in [0.1, 0.15) is 5.82 Å². The number of pyridine rings is 1. The summed E-state index contributed by atoms with van der Waals surface area (Å²) in [5.41, 5.74) is 1.44. The first-order valence-corrected chi connectivity index (χ1v) is 11.4. The van der Waals surface area contributed by atoms with Crippen molar-refractivity contribution in [2.45, 2.75) is 31.1 Å². The number of carbonyl (C=O) groups is 2. The molecule has 1 aromatic heterocycles. The van der Waals surface area contributed by atoms with E-state index in [1.807, 2.05) is 13.0 Å². The molecule has 0 aliphatic carbocycles. The molecule has 2 amide bonds. The first-order valence-electron chi connectivity index (χ1n) is 9.99. The van der Waals surface area contributed by atoms with Gasteiger partial charge in [-0.3, -0.25) is 9.59 Å². The van der Waals surface area contributed by atoms with Crippen LogP contribution < -0.4 is 10.2 Å². The third-order valence-electron chi connectivity index (χ3n) is 5.60. The van der Waals surface area contributed by atoms with Crippen molar-refractivity contribution >= 4 is 33.3 Å². The Hall–Kier alpha value is -2.78. The second-order valence-corrected chi connectivity index (χ2v) is 9.61. The summed E-state index contributed by atoms with van der Waals surface area (Å²) in [6.07, 6.45) is 3.46. The van der Waals surface area contributed by atoms with E-state index >= 15 is 0 Å². The summed E-state index contributed by atoms with van der Waals surface area (Å²) >= 11 is 0. The van der Waals surface area contributed by atoms with E-state index in [2.05, 4.69) is 10.3 Å². The Labute approximate surface area is 175 Å². The van der Waals surface area contributed by atoms with Crippen molar-refractivity contribution in [1.82, 2.24) is 9.29 Å². The lowest BCUT2D eigenvalue weighted by molar-refractivity contribution is -0.122. The van der Waals surface area contributed by atoms with Gasteiger partial charge in [0.25, 0.3) is 0 Å². The van der Waals surface area contributed by atoms with Crippen LogP contribution in [0.5, 0.6) is 0 Å². The Morgan fingerprint density at radius 2 is 1.83 bits per heavy atom. The fourth-order valence-corrected chi connectivity index (χ4v) is 5.36. The molecule has 8 nitrogen and oxygen atoms in total. The van der Waals surface area contributed by atoms with Gasteiger partial charge >= 0.3 is 0 Å². The molecule has 158 valence electrons. The number of anilines is 2. The highest BCUT2D eigenvalue weighted by atomic mass is 32.2. The zero-order chi connectivity index (χ0) is 21.3. The molecule has 2 aromatic rings. The van der Waals surface area contributed by atoms with E-state index in [-0.39, 0.29) is 29.7 Å². The molecule has 9 heteroatoms. The van der Waals surface area contributed by atoms with Gasteiger partial charge in [-0.2, -0.15) is 4.31 Å². The number of sulfonamides is 1. The quantitative estimate of drug-likeness (QED) is 0.787. The fraction of sp³-hybridized carbons (Fsp3) is 0.381. The second kappa shape index (κ2) is 8.16. The maximum absolute atomic E-state index is 12.7.